The van der Waals surface area contributed by atoms with Gasteiger partial charge < -0.3 is 15.0 Å². The standard InChI is InChI=1S/C36H40ClN3O5S/c1-4-5-22-38-36(42)33(23-28-15-8-6-9-16-28)39(25-29-17-13-12-14-27(29)2)35(41)26-40(32-24-30(37)20-21-34(32)45-3)46(43,44)31-18-10-7-11-19-31/h6-21,24,33H,4-5,22-23,25-26H2,1-3H3,(H,38,42). The number of benzene rings is 4. The van der Waals surface area contributed by atoms with Crippen molar-refractivity contribution in [1.82, 2.24) is 10.2 Å². The van der Waals surface area contributed by atoms with Gasteiger partial charge in [-0.25, -0.2) is 8.42 Å². The van der Waals surface area contributed by atoms with Crippen LogP contribution in [-0.2, 0) is 32.6 Å². The number of carbonyl (C=O) groups is 2. The molecule has 0 fully saturated rings. The largest absolute Gasteiger partial charge is 0.495 e. The van der Waals surface area contributed by atoms with Gasteiger partial charge in [-0.05, 0) is 60.4 Å². The van der Waals surface area contributed by atoms with Crippen LogP contribution < -0.4 is 14.4 Å². The second-order valence-electron chi connectivity index (χ2n) is 10.9. The molecule has 2 amide bonds. The maximum Gasteiger partial charge on any atom is 0.264 e. The molecule has 8 nitrogen and oxygen atoms in total. The summed E-state index contributed by atoms with van der Waals surface area (Å²) >= 11 is 6.36. The molecule has 1 N–H and O–H groups in total. The molecule has 10 heteroatoms. The van der Waals surface area contributed by atoms with Crippen molar-refractivity contribution in [3.05, 3.63) is 125 Å². The zero-order chi connectivity index (χ0) is 33.1. The molecule has 0 aliphatic rings. The number of nitrogens with one attached hydrogen (secondary N) is 1. The van der Waals surface area contributed by atoms with Crippen LogP contribution in [0.5, 0.6) is 5.75 Å². The number of hydrogen-bond acceptors (Lipinski definition) is 5. The van der Waals surface area contributed by atoms with Crippen molar-refractivity contribution >= 4 is 39.1 Å². The van der Waals surface area contributed by atoms with E-state index in [0.717, 1.165) is 33.8 Å². The van der Waals surface area contributed by atoms with Gasteiger partial charge in [0.2, 0.25) is 11.8 Å². The van der Waals surface area contributed by atoms with Gasteiger partial charge >= 0.3 is 0 Å². The third kappa shape index (κ3) is 8.68. The molecule has 0 aromatic heterocycles. The van der Waals surface area contributed by atoms with Gasteiger partial charge in [-0.2, -0.15) is 0 Å². The minimum absolute atomic E-state index is 0.00609. The van der Waals surface area contributed by atoms with Crippen LogP contribution in [0.1, 0.15) is 36.5 Å². The molecule has 0 aliphatic heterocycles. The smallest absolute Gasteiger partial charge is 0.264 e. The number of methoxy groups -OCH3 is 1. The van der Waals surface area contributed by atoms with E-state index in [1.165, 1.54) is 30.2 Å². The van der Waals surface area contributed by atoms with E-state index in [-0.39, 0.29) is 40.2 Å². The van der Waals surface area contributed by atoms with E-state index < -0.39 is 28.5 Å². The number of halogens is 1. The first kappa shape index (κ1) is 34.5. The van der Waals surface area contributed by atoms with Crippen LogP contribution in [0.2, 0.25) is 5.02 Å². The predicted molar refractivity (Wildman–Crippen MR) is 183 cm³/mol. The Labute approximate surface area is 277 Å². The summed E-state index contributed by atoms with van der Waals surface area (Å²) in [6.07, 6.45) is 1.92. The minimum atomic E-state index is -4.29. The predicted octanol–water partition coefficient (Wildman–Crippen LogP) is 6.41. The zero-order valence-electron chi connectivity index (χ0n) is 26.4. The normalized spacial score (nSPS) is 11.8. The van der Waals surface area contributed by atoms with Crippen LogP contribution in [0, 0.1) is 6.92 Å². The molecule has 0 saturated heterocycles. The molecule has 1 unspecified atom stereocenters. The Morgan fingerprint density at radius 2 is 1.57 bits per heavy atom. The van der Waals surface area contributed by atoms with E-state index in [9.17, 15) is 18.0 Å². The van der Waals surface area contributed by atoms with Gasteiger partial charge in [0, 0.05) is 24.5 Å². The Morgan fingerprint density at radius 1 is 0.913 bits per heavy atom. The van der Waals surface area contributed by atoms with Gasteiger partial charge in [-0.3, -0.25) is 13.9 Å². The number of rotatable bonds is 15. The van der Waals surface area contributed by atoms with Crippen LogP contribution in [0.3, 0.4) is 0 Å². The van der Waals surface area contributed by atoms with E-state index in [2.05, 4.69) is 5.32 Å². The Kier molecular flexibility index (Phi) is 12.2. The Morgan fingerprint density at radius 3 is 2.22 bits per heavy atom. The van der Waals surface area contributed by atoms with Crippen LogP contribution in [-0.4, -0.2) is 51.4 Å². The highest BCUT2D eigenvalue weighted by Crippen LogP contribution is 2.35. The number of unbranched alkanes of at least 4 members (excludes halogenated alkanes) is 1. The second-order valence-corrected chi connectivity index (χ2v) is 13.2. The monoisotopic (exact) mass is 661 g/mol. The molecule has 0 heterocycles. The molecular formula is C36H40ClN3O5S. The van der Waals surface area contributed by atoms with Crippen molar-refractivity contribution in [3.8, 4) is 5.75 Å². The van der Waals surface area contributed by atoms with E-state index in [1.807, 2.05) is 68.4 Å². The highest BCUT2D eigenvalue weighted by atomic mass is 35.5. The molecule has 4 aromatic rings. The quantitative estimate of drug-likeness (QED) is 0.149. The van der Waals surface area contributed by atoms with Gasteiger partial charge in [0.15, 0.2) is 0 Å². The molecule has 0 spiro atoms. The van der Waals surface area contributed by atoms with Gasteiger partial charge in [0.1, 0.15) is 18.3 Å². The van der Waals surface area contributed by atoms with Gasteiger partial charge in [-0.1, -0.05) is 97.7 Å². The van der Waals surface area contributed by atoms with E-state index in [0.29, 0.717) is 6.54 Å². The summed E-state index contributed by atoms with van der Waals surface area (Å²) in [7, 11) is -2.87. The molecular weight excluding hydrogens is 622 g/mol. The summed E-state index contributed by atoms with van der Waals surface area (Å²) in [6, 6.07) is 28.6. The fourth-order valence-electron chi connectivity index (χ4n) is 5.12. The molecule has 46 heavy (non-hydrogen) atoms. The summed E-state index contributed by atoms with van der Waals surface area (Å²) in [5.41, 5.74) is 2.75. The molecule has 0 radical (unpaired) electrons. The first-order valence-electron chi connectivity index (χ1n) is 15.2. The summed E-state index contributed by atoms with van der Waals surface area (Å²) in [5.74, 6) is -0.645. The highest BCUT2D eigenvalue weighted by Gasteiger charge is 2.35. The molecule has 4 aromatic carbocycles. The molecule has 0 aliphatic carbocycles. The van der Waals surface area contributed by atoms with Crippen LogP contribution >= 0.6 is 11.6 Å². The molecule has 1 atom stereocenters. The summed E-state index contributed by atoms with van der Waals surface area (Å²) < 4.78 is 35.0. The molecule has 0 saturated carbocycles. The molecule has 0 bridgehead atoms. The van der Waals surface area contributed by atoms with Crippen molar-refractivity contribution in [1.29, 1.82) is 0 Å². The first-order chi connectivity index (χ1) is 22.1. The Balaban J connectivity index is 1.84. The number of hydrogen-bond donors (Lipinski definition) is 1. The minimum Gasteiger partial charge on any atom is -0.495 e. The van der Waals surface area contributed by atoms with E-state index in [1.54, 1.807) is 30.3 Å². The average molecular weight is 662 g/mol. The fourth-order valence-corrected chi connectivity index (χ4v) is 6.73. The number of amides is 2. The van der Waals surface area contributed by atoms with Crippen molar-refractivity contribution in [2.45, 2.75) is 50.6 Å². The third-order valence-corrected chi connectivity index (χ3v) is 9.73. The summed E-state index contributed by atoms with van der Waals surface area (Å²) in [4.78, 5) is 30.0. The van der Waals surface area contributed by atoms with Gasteiger partial charge in [0.05, 0.1) is 17.7 Å². The topological polar surface area (TPSA) is 96.0 Å². The SMILES string of the molecule is CCCCNC(=O)C(Cc1ccccc1)N(Cc1ccccc1C)C(=O)CN(c1cc(Cl)ccc1OC)S(=O)(=O)c1ccccc1. The lowest BCUT2D eigenvalue weighted by molar-refractivity contribution is -0.140. The maximum atomic E-state index is 14.6. The first-order valence-corrected chi connectivity index (χ1v) is 17.0. The van der Waals surface area contributed by atoms with E-state index >= 15 is 0 Å². The van der Waals surface area contributed by atoms with Crippen LogP contribution in [0.25, 0.3) is 0 Å². The molecule has 242 valence electrons. The van der Waals surface area contributed by atoms with Gasteiger partial charge in [0.25, 0.3) is 10.0 Å². The zero-order valence-corrected chi connectivity index (χ0v) is 27.9. The molecule has 4 rings (SSSR count). The number of aryl methyl sites for hydroxylation is 1. The Hall–Kier alpha value is -4.34. The van der Waals surface area contributed by atoms with Crippen molar-refractivity contribution in [2.24, 2.45) is 0 Å². The van der Waals surface area contributed by atoms with E-state index in [4.69, 9.17) is 16.3 Å². The number of carbonyl (C=O) groups excluding carboxylic acids is 2. The fraction of sp³-hybridized carbons (Fsp3) is 0.278. The average Bonchev–Trinajstić information content (AvgIpc) is 3.06. The van der Waals surface area contributed by atoms with Crippen molar-refractivity contribution in [2.75, 3.05) is 24.5 Å². The van der Waals surface area contributed by atoms with Crippen molar-refractivity contribution in [3.63, 3.8) is 0 Å². The van der Waals surface area contributed by atoms with Gasteiger partial charge in [-0.15, -0.1) is 0 Å². The number of anilines is 1. The number of sulfonamides is 1. The number of ether oxygens (including phenoxy) is 1. The third-order valence-electron chi connectivity index (χ3n) is 7.72. The lowest BCUT2D eigenvalue weighted by Gasteiger charge is -2.34. The Bertz CT molecular complexity index is 1720. The lowest BCUT2D eigenvalue weighted by Crippen LogP contribution is -2.53. The summed E-state index contributed by atoms with van der Waals surface area (Å²) in [5, 5.41) is 3.27. The lowest BCUT2D eigenvalue weighted by atomic mass is 10.0. The van der Waals surface area contributed by atoms with Crippen LogP contribution in [0.4, 0.5) is 5.69 Å². The maximum absolute atomic E-state index is 14.6. The highest BCUT2D eigenvalue weighted by molar-refractivity contribution is 7.92. The summed E-state index contributed by atoms with van der Waals surface area (Å²) in [6.45, 7) is 3.92. The number of nitrogens with zero attached hydrogens (tertiary/aromatic N) is 2. The van der Waals surface area contributed by atoms with Crippen LogP contribution in [0.15, 0.2) is 108 Å². The van der Waals surface area contributed by atoms with Crippen molar-refractivity contribution < 1.29 is 22.7 Å². The second kappa shape index (κ2) is 16.3.